The van der Waals surface area contributed by atoms with Crippen molar-refractivity contribution in [3.8, 4) is 0 Å². The normalized spacial score (nSPS) is 28.4. The third-order valence-corrected chi connectivity index (χ3v) is 19.4. The van der Waals surface area contributed by atoms with Crippen LogP contribution in [0.5, 0.6) is 0 Å². The molecule has 0 aromatic carbocycles. The standard InChI is InChI=1S/C15H29N.C14H27N.C13H27N.2C12H25N.3C2H6/c1-14(2,3)11-9-12-7-8-13(10-11)16(12)15(4,5)6;1-13(2,3)12-8-11-7-10(12)9-15(11)14(4,5)6;1-12(2,3)11-7-9-14(10-8-11)13(4,5)6;1-11(2,3)10-7-8-13(9-10)12(4,5)6;1-11(2,3)10-8-7-9-13(10)12(4,5)6;3*1-2/h11-13H,7-10H2,1-6H3;10-12H,7-9H2,1-6H3;11H,7-10H2,1-6H3;2*10H,7-9H2,1-6H3;3*1-2H3. The number of hydrogen-bond donors (Lipinski definition) is 0. The van der Waals surface area contributed by atoms with Crippen LogP contribution in [-0.4, -0.2) is 116 Å². The fourth-order valence-electron chi connectivity index (χ4n) is 14.8. The zero-order chi connectivity index (χ0) is 61.1. The van der Waals surface area contributed by atoms with Crippen LogP contribution in [0.2, 0.25) is 0 Å². The molecular weight excluding hydrogens is 935 g/mol. The molecule has 6 saturated heterocycles. The summed E-state index contributed by atoms with van der Waals surface area (Å²) in [6.45, 7) is 90.7. The molecule has 7 unspecified atom stereocenters. The van der Waals surface area contributed by atoms with Gasteiger partial charge in [0.1, 0.15) is 0 Å². The van der Waals surface area contributed by atoms with Crippen LogP contribution >= 0.6 is 0 Å². The Morgan fingerprint density at radius 2 is 0.675 bits per heavy atom. The number of fused-ring (bicyclic) bond motifs is 4. The van der Waals surface area contributed by atoms with Crippen LogP contribution in [0.25, 0.3) is 0 Å². The number of nitrogens with zero attached hydrogens (tertiary/aromatic N) is 5. The first kappa shape index (κ1) is 76.8. The van der Waals surface area contributed by atoms with Gasteiger partial charge in [0, 0.05) is 65.0 Å². The van der Waals surface area contributed by atoms with E-state index in [-0.39, 0.29) is 0 Å². The molecule has 7 fully saturated rings. The van der Waals surface area contributed by atoms with Crippen LogP contribution < -0.4 is 0 Å². The Hall–Kier alpha value is -0.200. The molecule has 7 rings (SSSR count). The van der Waals surface area contributed by atoms with Crippen LogP contribution in [-0.2, 0) is 0 Å². The number of rotatable bonds is 0. The average molecular weight is 1090 g/mol. The van der Waals surface area contributed by atoms with Gasteiger partial charge in [0.05, 0.1) is 0 Å². The molecule has 4 bridgehead atoms. The summed E-state index contributed by atoms with van der Waals surface area (Å²) in [5, 5.41) is 0. The van der Waals surface area contributed by atoms with Crippen molar-refractivity contribution in [3.05, 3.63) is 0 Å². The molecule has 0 spiro atoms. The highest BCUT2D eigenvalue weighted by Crippen LogP contribution is 2.52. The molecule has 6 heterocycles. The summed E-state index contributed by atoms with van der Waals surface area (Å²) in [6, 6.07) is 3.37. The average Bonchev–Trinajstić information content (AvgIpc) is 4.13. The summed E-state index contributed by atoms with van der Waals surface area (Å²) in [6.07, 6.45) is 15.5. The van der Waals surface area contributed by atoms with Crippen LogP contribution in [0.3, 0.4) is 0 Å². The smallest absolute Gasteiger partial charge is 0.0149 e. The largest absolute Gasteiger partial charge is 0.298 e. The van der Waals surface area contributed by atoms with Crippen molar-refractivity contribution in [1.82, 2.24) is 24.5 Å². The van der Waals surface area contributed by atoms with Crippen molar-refractivity contribution >= 4 is 0 Å². The van der Waals surface area contributed by atoms with E-state index in [1.54, 1.807) is 0 Å². The number of likely N-dealkylation sites (tertiary alicyclic amines) is 4. The molecule has 77 heavy (non-hydrogen) atoms. The minimum absolute atomic E-state index is 0.342. The molecule has 0 aromatic rings. The monoisotopic (exact) mass is 1090 g/mol. The van der Waals surface area contributed by atoms with Gasteiger partial charge in [-0.15, -0.1) is 0 Å². The van der Waals surface area contributed by atoms with Crippen LogP contribution in [0.4, 0.5) is 0 Å². The summed E-state index contributed by atoms with van der Waals surface area (Å²) >= 11 is 0. The SMILES string of the molecule is CC.CC.CC.CC(C)(C)C1CC2CC1CN2C(C)(C)C.CC(C)(C)C1CC2CCC(C1)N2C(C)(C)C.CC(C)(C)C1CCCN1C(C)(C)C.CC(C)(C)C1CCN(C(C)(C)C)C1.CC(C)(C)C1CCN(C(C)(C)C)CC1. The minimum Gasteiger partial charge on any atom is -0.298 e. The fraction of sp³-hybridized carbons (Fsp3) is 1.00. The van der Waals surface area contributed by atoms with Crippen LogP contribution in [0, 0.1) is 56.7 Å². The van der Waals surface area contributed by atoms with Crippen LogP contribution in [0.15, 0.2) is 0 Å². The lowest BCUT2D eigenvalue weighted by Gasteiger charge is -2.49. The van der Waals surface area contributed by atoms with Crippen molar-refractivity contribution in [2.45, 2.75) is 372 Å². The lowest BCUT2D eigenvalue weighted by atomic mass is 9.72. The van der Waals surface area contributed by atoms with E-state index in [0.717, 1.165) is 53.8 Å². The van der Waals surface area contributed by atoms with Crippen molar-refractivity contribution in [3.63, 3.8) is 0 Å². The van der Waals surface area contributed by atoms with Crippen molar-refractivity contribution < 1.29 is 0 Å². The lowest BCUT2D eigenvalue weighted by Crippen LogP contribution is -2.54. The molecular formula is C72H151N5. The van der Waals surface area contributed by atoms with Crippen molar-refractivity contribution in [1.29, 1.82) is 0 Å². The number of hydrogen-bond acceptors (Lipinski definition) is 5. The van der Waals surface area contributed by atoms with E-state index < -0.39 is 0 Å². The van der Waals surface area contributed by atoms with Gasteiger partial charge in [-0.25, -0.2) is 0 Å². The Labute approximate surface area is 489 Å². The second-order valence-corrected chi connectivity index (χ2v) is 35.3. The summed E-state index contributed by atoms with van der Waals surface area (Å²) in [5.41, 5.74) is 4.26. The van der Waals surface area contributed by atoms with E-state index in [1.807, 2.05) is 41.5 Å². The Kier molecular flexibility index (Phi) is 30.0. The van der Waals surface area contributed by atoms with Gasteiger partial charge < -0.3 is 0 Å². The second kappa shape index (κ2) is 30.0. The predicted octanol–water partition coefficient (Wildman–Crippen LogP) is 20.7. The Morgan fingerprint density at radius 3 is 0.948 bits per heavy atom. The summed E-state index contributed by atoms with van der Waals surface area (Å²) in [5.74, 6) is 4.66. The van der Waals surface area contributed by atoms with Gasteiger partial charge in [0.25, 0.3) is 0 Å². The Morgan fingerprint density at radius 1 is 0.286 bits per heavy atom. The first-order valence-corrected chi connectivity index (χ1v) is 33.4. The zero-order valence-corrected chi connectivity index (χ0v) is 60.5. The first-order chi connectivity index (χ1) is 34.5. The highest BCUT2D eigenvalue weighted by atomic mass is 15.3. The lowest BCUT2D eigenvalue weighted by molar-refractivity contribution is -0.00409. The maximum atomic E-state index is 2.81. The predicted molar refractivity (Wildman–Crippen MR) is 352 cm³/mol. The van der Waals surface area contributed by atoms with E-state index in [1.165, 1.54) is 110 Å². The van der Waals surface area contributed by atoms with Gasteiger partial charge >= 0.3 is 0 Å². The Bertz CT molecular complexity index is 1460. The molecule has 5 heteroatoms. The molecule has 0 aromatic heterocycles. The van der Waals surface area contributed by atoms with E-state index >= 15 is 0 Å². The van der Waals surface area contributed by atoms with Gasteiger partial charge in [0.2, 0.25) is 0 Å². The molecule has 0 N–H and O–H groups in total. The third kappa shape index (κ3) is 24.5. The molecule has 5 nitrogen and oxygen atoms in total. The second-order valence-electron chi connectivity index (χ2n) is 35.3. The van der Waals surface area contributed by atoms with Gasteiger partial charge in [-0.3, -0.25) is 24.5 Å². The van der Waals surface area contributed by atoms with E-state index in [4.69, 9.17) is 0 Å². The molecule has 6 aliphatic heterocycles. The Balaban J connectivity index is 0.000000916. The first-order valence-electron chi connectivity index (χ1n) is 33.4. The summed E-state index contributed by atoms with van der Waals surface area (Å²) in [4.78, 5) is 13.5. The highest BCUT2D eigenvalue weighted by Gasteiger charge is 2.51. The number of piperidine rings is 3. The van der Waals surface area contributed by atoms with Gasteiger partial charge in [-0.1, -0.05) is 145 Å². The van der Waals surface area contributed by atoms with E-state index in [0.29, 0.717) is 54.8 Å². The maximum Gasteiger partial charge on any atom is 0.0149 e. The molecule has 1 aliphatic carbocycles. The van der Waals surface area contributed by atoms with Crippen molar-refractivity contribution in [2.24, 2.45) is 56.7 Å². The molecule has 0 radical (unpaired) electrons. The molecule has 7 aliphatic rings. The van der Waals surface area contributed by atoms with Gasteiger partial charge in [0.15, 0.2) is 0 Å². The fourth-order valence-corrected chi connectivity index (χ4v) is 14.8. The summed E-state index contributed by atoms with van der Waals surface area (Å²) < 4.78 is 0. The molecule has 7 atom stereocenters. The highest BCUT2D eigenvalue weighted by molar-refractivity contribution is 5.04. The molecule has 464 valence electrons. The maximum absolute atomic E-state index is 2.81. The molecule has 1 saturated carbocycles. The van der Waals surface area contributed by atoms with E-state index in [2.05, 4.69) is 232 Å². The van der Waals surface area contributed by atoms with Crippen LogP contribution in [0.1, 0.15) is 320 Å². The third-order valence-electron chi connectivity index (χ3n) is 19.4. The van der Waals surface area contributed by atoms with Crippen molar-refractivity contribution in [2.75, 3.05) is 39.3 Å². The van der Waals surface area contributed by atoms with Gasteiger partial charge in [-0.2, -0.15) is 0 Å². The molecule has 0 amide bonds. The zero-order valence-electron chi connectivity index (χ0n) is 60.5. The minimum atomic E-state index is 0.342. The summed E-state index contributed by atoms with van der Waals surface area (Å²) in [7, 11) is 0. The topological polar surface area (TPSA) is 16.2 Å². The van der Waals surface area contributed by atoms with E-state index in [9.17, 15) is 0 Å². The quantitative estimate of drug-likeness (QED) is 0.240. The van der Waals surface area contributed by atoms with Gasteiger partial charge in [-0.05, 0) is 257 Å².